The number of hydrogen-bond donors (Lipinski definition) is 1. The van der Waals surface area contributed by atoms with Crippen LogP contribution >= 0.6 is 31.9 Å². The maximum atomic E-state index is 13.5. The van der Waals surface area contributed by atoms with Crippen LogP contribution in [0.2, 0.25) is 0 Å². The maximum absolute atomic E-state index is 13.5. The second kappa shape index (κ2) is 14.8. The van der Waals surface area contributed by atoms with E-state index in [1.54, 1.807) is 0 Å². The van der Waals surface area contributed by atoms with Crippen LogP contribution in [-0.4, -0.2) is 21.6 Å². The molecular weight excluding hydrogens is 654 g/mol. The number of nitrogens with one attached hydrogen (secondary N) is 1. The normalized spacial score (nSPS) is 14.6. The molecule has 0 saturated carbocycles. The van der Waals surface area contributed by atoms with E-state index in [1.165, 1.54) is 16.7 Å². The Bertz CT molecular complexity index is 1320. The Labute approximate surface area is 268 Å². The maximum Gasteiger partial charge on any atom is 0.223 e. The van der Waals surface area contributed by atoms with Crippen LogP contribution in [0.3, 0.4) is 0 Å². The van der Waals surface area contributed by atoms with Gasteiger partial charge in [0.15, 0.2) is 0 Å². The summed E-state index contributed by atoms with van der Waals surface area (Å²) < 4.78 is 1.96. The molecule has 1 aliphatic heterocycles. The lowest BCUT2D eigenvalue weighted by Crippen LogP contribution is -2.32. The molecule has 0 radical (unpaired) electrons. The number of amides is 2. The summed E-state index contributed by atoms with van der Waals surface area (Å²) in [6.45, 7) is 14.0. The third kappa shape index (κ3) is 9.78. The van der Waals surface area contributed by atoms with Gasteiger partial charge in [0.2, 0.25) is 11.8 Å². The molecule has 0 saturated heterocycles. The van der Waals surface area contributed by atoms with Gasteiger partial charge in [-0.25, -0.2) is 0 Å². The minimum absolute atomic E-state index is 0.142. The van der Waals surface area contributed by atoms with Gasteiger partial charge >= 0.3 is 0 Å². The smallest absolute Gasteiger partial charge is 0.223 e. The zero-order chi connectivity index (χ0) is 30.4. The predicted molar refractivity (Wildman–Crippen MR) is 177 cm³/mol. The number of benzene rings is 3. The summed E-state index contributed by atoms with van der Waals surface area (Å²) in [5.74, 6) is 0.841. The molecule has 0 fully saturated rings. The summed E-state index contributed by atoms with van der Waals surface area (Å²) in [6, 6.07) is 19.4. The Morgan fingerprint density at radius 1 is 0.619 bits per heavy atom. The molecule has 5 nitrogen and oxygen atoms in total. The fourth-order valence-electron chi connectivity index (χ4n) is 5.61. The molecule has 7 heteroatoms. The first-order valence-corrected chi connectivity index (χ1v) is 16.4. The summed E-state index contributed by atoms with van der Waals surface area (Å²) in [5.41, 5.74) is 7.88. The van der Waals surface area contributed by atoms with Crippen molar-refractivity contribution < 1.29 is 9.59 Å². The number of hydrogen-bond acceptors (Lipinski definition) is 3. The van der Waals surface area contributed by atoms with Crippen molar-refractivity contribution in [3.8, 4) is 0 Å². The van der Waals surface area contributed by atoms with Crippen LogP contribution in [0.15, 0.2) is 63.5 Å². The van der Waals surface area contributed by atoms with E-state index in [0.717, 1.165) is 37.7 Å². The summed E-state index contributed by atoms with van der Waals surface area (Å²) >= 11 is 7.42. The quantitative estimate of drug-likeness (QED) is 0.299. The molecule has 0 spiro atoms. The summed E-state index contributed by atoms with van der Waals surface area (Å²) in [4.78, 5) is 30.9. The van der Waals surface area contributed by atoms with Crippen molar-refractivity contribution in [2.75, 3.05) is 0 Å². The highest BCUT2D eigenvalue weighted by Crippen LogP contribution is 2.24. The highest BCUT2D eigenvalue weighted by atomic mass is 79.9. The van der Waals surface area contributed by atoms with Gasteiger partial charge < -0.3 is 15.1 Å². The highest BCUT2D eigenvalue weighted by Gasteiger charge is 2.20. The molecule has 0 aliphatic carbocycles. The van der Waals surface area contributed by atoms with E-state index < -0.39 is 0 Å². The highest BCUT2D eigenvalue weighted by molar-refractivity contribution is 9.10. The van der Waals surface area contributed by atoms with Gasteiger partial charge in [0.25, 0.3) is 0 Å². The molecule has 2 amide bonds. The third-order valence-electron chi connectivity index (χ3n) is 7.25. The van der Waals surface area contributed by atoms with E-state index in [0.29, 0.717) is 45.6 Å². The van der Waals surface area contributed by atoms with Gasteiger partial charge in [-0.15, -0.1) is 0 Å². The van der Waals surface area contributed by atoms with Gasteiger partial charge in [-0.1, -0.05) is 95.5 Å². The molecule has 224 valence electrons. The Kier molecular flexibility index (Phi) is 11.4. The van der Waals surface area contributed by atoms with E-state index in [2.05, 4.69) is 126 Å². The largest absolute Gasteiger partial charge is 0.334 e. The summed E-state index contributed by atoms with van der Waals surface area (Å²) in [5, 5.41) is 3.61. The molecule has 0 unspecified atom stereocenters. The Hall–Kier alpha value is -2.48. The van der Waals surface area contributed by atoms with Gasteiger partial charge in [-0.3, -0.25) is 9.59 Å². The monoisotopic (exact) mass is 695 g/mol. The molecule has 6 bridgehead atoms. The van der Waals surface area contributed by atoms with Crippen molar-refractivity contribution >= 4 is 43.7 Å². The predicted octanol–water partition coefficient (Wildman–Crippen LogP) is 8.27. The summed E-state index contributed by atoms with van der Waals surface area (Å²) in [6.07, 6.45) is 1.00. The number of fused-ring (bicyclic) bond motifs is 6. The van der Waals surface area contributed by atoms with Gasteiger partial charge in [0, 0.05) is 61.1 Å². The average Bonchev–Trinajstić information content (AvgIpc) is 2.86. The zero-order valence-electron chi connectivity index (χ0n) is 25.5. The molecule has 1 N–H and O–H groups in total. The molecule has 3 aromatic carbocycles. The molecular formula is C35H43Br2N3O2. The summed E-state index contributed by atoms with van der Waals surface area (Å²) in [7, 11) is 0. The van der Waals surface area contributed by atoms with Crippen LogP contribution < -0.4 is 5.32 Å². The van der Waals surface area contributed by atoms with E-state index in [9.17, 15) is 9.59 Å². The molecule has 0 atom stereocenters. The Balaban J connectivity index is 1.77. The number of aryl methyl sites for hydroxylation is 1. The second-order valence-electron chi connectivity index (χ2n) is 12.6. The van der Waals surface area contributed by atoms with Crippen molar-refractivity contribution in [3.05, 3.63) is 102 Å². The number of carbonyl (C=O) groups excluding carboxylic acids is 2. The number of nitrogens with zero attached hydrogens (tertiary/aromatic N) is 2. The number of rotatable bonds is 4. The van der Waals surface area contributed by atoms with Crippen molar-refractivity contribution in [3.63, 3.8) is 0 Å². The second-order valence-corrected chi connectivity index (χ2v) is 14.4. The molecule has 3 aromatic rings. The van der Waals surface area contributed by atoms with Crippen molar-refractivity contribution in [1.82, 2.24) is 15.1 Å². The molecule has 1 heterocycles. The van der Waals surface area contributed by atoms with E-state index in [-0.39, 0.29) is 23.7 Å². The van der Waals surface area contributed by atoms with Gasteiger partial charge in [0.1, 0.15) is 0 Å². The van der Waals surface area contributed by atoms with Gasteiger partial charge in [-0.05, 0) is 76.4 Å². The molecule has 0 aromatic heterocycles. The van der Waals surface area contributed by atoms with Gasteiger partial charge in [-0.2, -0.15) is 0 Å². The minimum atomic E-state index is 0.142. The molecule has 4 rings (SSSR count). The van der Waals surface area contributed by atoms with Crippen LogP contribution in [0.4, 0.5) is 0 Å². The standard InChI is InChI=1S/C35H43Br2N3O2/c1-23(2)6-34(41)39-19-28-9-25(5)8-26(10-28)17-38-18-27-11-29(14-32(36)13-27)20-40(35(42)7-24(3)4)22-31-12-30(21-39)15-33(37)16-31/h8-16,23-24,38H,6-7,17-22H2,1-5H3. The average molecular weight is 698 g/mol. The van der Waals surface area contributed by atoms with Crippen LogP contribution in [0.5, 0.6) is 0 Å². The van der Waals surface area contributed by atoms with Gasteiger partial charge in [0.05, 0.1) is 0 Å². The Morgan fingerprint density at radius 2 is 0.952 bits per heavy atom. The molecule has 42 heavy (non-hydrogen) atoms. The van der Waals surface area contributed by atoms with Crippen LogP contribution in [0, 0.1) is 18.8 Å². The first-order valence-electron chi connectivity index (χ1n) is 14.9. The van der Waals surface area contributed by atoms with Crippen LogP contribution in [-0.2, 0) is 48.9 Å². The zero-order valence-corrected chi connectivity index (χ0v) is 28.6. The topological polar surface area (TPSA) is 52.7 Å². The van der Waals surface area contributed by atoms with Crippen LogP contribution in [0.1, 0.15) is 79.5 Å². The fourth-order valence-corrected chi connectivity index (χ4v) is 6.78. The fraction of sp³-hybridized carbons (Fsp3) is 0.429. The molecule has 1 aliphatic rings. The van der Waals surface area contributed by atoms with E-state index in [1.807, 2.05) is 9.80 Å². The first kappa shape index (κ1) is 32.4. The van der Waals surface area contributed by atoms with Crippen molar-refractivity contribution in [1.29, 1.82) is 0 Å². The minimum Gasteiger partial charge on any atom is -0.334 e. The van der Waals surface area contributed by atoms with Crippen molar-refractivity contribution in [2.24, 2.45) is 11.8 Å². The number of carbonyl (C=O) groups is 2. The SMILES string of the molecule is Cc1cc2cc(c1)CN(C(=O)CC(C)C)Cc1cc(Br)cc(c1)CN(C(=O)CC(C)C)Cc1cc(Br)cc(c1)CNC2. The van der Waals surface area contributed by atoms with Crippen molar-refractivity contribution in [2.45, 2.75) is 86.7 Å². The Morgan fingerprint density at radius 3 is 1.38 bits per heavy atom. The lowest BCUT2D eigenvalue weighted by molar-refractivity contribution is -0.134. The third-order valence-corrected chi connectivity index (χ3v) is 8.17. The lowest BCUT2D eigenvalue weighted by atomic mass is 10.0. The number of halogens is 2. The van der Waals surface area contributed by atoms with E-state index >= 15 is 0 Å². The first-order chi connectivity index (χ1) is 19.9. The van der Waals surface area contributed by atoms with E-state index in [4.69, 9.17) is 0 Å². The lowest BCUT2D eigenvalue weighted by Gasteiger charge is -2.27. The van der Waals surface area contributed by atoms with Crippen LogP contribution in [0.25, 0.3) is 0 Å².